The molecule has 6 nitrogen and oxygen atoms in total. The van der Waals surface area contributed by atoms with Crippen molar-refractivity contribution in [2.45, 2.75) is 26.8 Å². The van der Waals surface area contributed by atoms with Gasteiger partial charge < -0.3 is 5.32 Å². The number of hydrogen-bond acceptors (Lipinski definition) is 3. The van der Waals surface area contributed by atoms with E-state index in [1.165, 1.54) is 0 Å². The Kier molecular flexibility index (Phi) is 3.99. The normalized spacial score (nSPS) is 10.7. The monoisotopic (exact) mass is 261 g/mol. The van der Waals surface area contributed by atoms with Crippen molar-refractivity contribution in [3.05, 3.63) is 35.4 Å². The summed E-state index contributed by atoms with van der Waals surface area (Å²) in [5.74, 6) is -0.0895. The first-order valence-electron chi connectivity index (χ1n) is 6.35. The van der Waals surface area contributed by atoms with Crippen molar-refractivity contribution in [2.24, 2.45) is 7.05 Å². The van der Waals surface area contributed by atoms with Gasteiger partial charge in [0.15, 0.2) is 0 Å². The fourth-order valence-corrected chi connectivity index (χ4v) is 2.02. The molecule has 0 saturated carbocycles. The van der Waals surface area contributed by atoms with E-state index in [2.05, 4.69) is 15.5 Å². The SMILES string of the molecule is Cc1cc(C)n(CCCNC(=O)c2ccnn2C)n1. The lowest BCUT2D eigenvalue weighted by atomic mass is 10.3. The van der Waals surface area contributed by atoms with Gasteiger partial charge in [-0.25, -0.2) is 0 Å². The number of carbonyl (C=O) groups excluding carboxylic acids is 1. The molecule has 1 N–H and O–H groups in total. The molecular formula is C13H19N5O. The van der Waals surface area contributed by atoms with E-state index in [9.17, 15) is 4.79 Å². The zero-order valence-corrected chi connectivity index (χ0v) is 11.6. The summed E-state index contributed by atoms with van der Waals surface area (Å²) < 4.78 is 3.53. The molecule has 6 heteroatoms. The predicted octanol–water partition coefficient (Wildman–Crippen LogP) is 1.05. The van der Waals surface area contributed by atoms with Gasteiger partial charge in [0, 0.05) is 32.0 Å². The summed E-state index contributed by atoms with van der Waals surface area (Å²) in [6, 6.07) is 3.75. The van der Waals surface area contributed by atoms with Crippen LogP contribution in [-0.2, 0) is 13.6 Å². The molecule has 0 aromatic carbocycles. The highest BCUT2D eigenvalue weighted by Crippen LogP contribution is 2.02. The van der Waals surface area contributed by atoms with Gasteiger partial charge in [-0.2, -0.15) is 10.2 Å². The Bertz CT molecular complexity index is 569. The zero-order chi connectivity index (χ0) is 13.8. The van der Waals surface area contributed by atoms with E-state index in [0.29, 0.717) is 12.2 Å². The van der Waals surface area contributed by atoms with Crippen molar-refractivity contribution in [1.29, 1.82) is 0 Å². The third-order valence-electron chi connectivity index (χ3n) is 2.99. The summed E-state index contributed by atoms with van der Waals surface area (Å²) in [7, 11) is 1.75. The molecule has 0 aliphatic heterocycles. The van der Waals surface area contributed by atoms with Crippen LogP contribution in [0.4, 0.5) is 0 Å². The minimum atomic E-state index is -0.0895. The molecule has 2 aromatic heterocycles. The van der Waals surface area contributed by atoms with Gasteiger partial charge in [0.05, 0.1) is 5.69 Å². The van der Waals surface area contributed by atoms with E-state index in [4.69, 9.17) is 0 Å². The summed E-state index contributed by atoms with van der Waals surface area (Å²) in [6.07, 6.45) is 2.47. The Labute approximate surface area is 112 Å². The van der Waals surface area contributed by atoms with Crippen LogP contribution in [0.25, 0.3) is 0 Å². The zero-order valence-electron chi connectivity index (χ0n) is 11.6. The highest BCUT2D eigenvalue weighted by atomic mass is 16.2. The van der Waals surface area contributed by atoms with Gasteiger partial charge in [-0.15, -0.1) is 0 Å². The molecule has 0 aliphatic carbocycles. The minimum absolute atomic E-state index is 0.0895. The summed E-state index contributed by atoms with van der Waals surface area (Å²) >= 11 is 0. The fraction of sp³-hybridized carbons (Fsp3) is 0.462. The molecule has 0 radical (unpaired) electrons. The van der Waals surface area contributed by atoms with E-state index >= 15 is 0 Å². The molecule has 102 valence electrons. The van der Waals surface area contributed by atoms with Crippen molar-refractivity contribution in [3.63, 3.8) is 0 Å². The molecule has 0 fully saturated rings. The van der Waals surface area contributed by atoms with E-state index in [-0.39, 0.29) is 5.91 Å². The second-order valence-corrected chi connectivity index (χ2v) is 4.60. The number of amides is 1. The molecule has 0 unspecified atom stereocenters. The van der Waals surface area contributed by atoms with E-state index in [1.807, 2.05) is 24.6 Å². The number of aryl methyl sites for hydroxylation is 4. The largest absolute Gasteiger partial charge is 0.351 e. The number of nitrogens with zero attached hydrogens (tertiary/aromatic N) is 4. The molecule has 2 aromatic rings. The van der Waals surface area contributed by atoms with Gasteiger partial charge in [-0.05, 0) is 32.4 Å². The lowest BCUT2D eigenvalue weighted by Crippen LogP contribution is -2.27. The van der Waals surface area contributed by atoms with Crippen LogP contribution in [-0.4, -0.2) is 32.0 Å². The van der Waals surface area contributed by atoms with Crippen LogP contribution in [0.2, 0.25) is 0 Å². The van der Waals surface area contributed by atoms with Crippen molar-refractivity contribution in [2.75, 3.05) is 6.54 Å². The first-order chi connectivity index (χ1) is 9.08. The Morgan fingerprint density at radius 3 is 2.79 bits per heavy atom. The molecule has 0 aliphatic rings. The highest BCUT2D eigenvalue weighted by Gasteiger charge is 2.08. The second-order valence-electron chi connectivity index (χ2n) is 4.60. The maximum Gasteiger partial charge on any atom is 0.269 e. The van der Waals surface area contributed by atoms with E-state index in [1.54, 1.807) is 24.0 Å². The number of rotatable bonds is 5. The number of aromatic nitrogens is 4. The minimum Gasteiger partial charge on any atom is -0.351 e. The average Bonchev–Trinajstić information content (AvgIpc) is 2.91. The Morgan fingerprint density at radius 1 is 1.42 bits per heavy atom. The summed E-state index contributed by atoms with van der Waals surface area (Å²) in [5, 5.41) is 11.2. The van der Waals surface area contributed by atoms with Gasteiger partial charge in [-0.3, -0.25) is 14.2 Å². The molecule has 0 spiro atoms. The van der Waals surface area contributed by atoms with Gasteiger partial charge in [0.1, 0.15) is 5.69 Å². The average molecular weight is 261 g/mol. The quantitative estimate of drug-likeness (QED) is 0.818. The third-order valence-corrected chi connectivity index (χ3v) is 2.99. The van der Waals surface area contributed by atoms with Crippen LogP contribution in [0, 0.1) is 13.8 Å². The number of hydrogen-bond donors (Lipinski definition) is 1. The molecular weight excluding hydrogens is 242 g/mol. The van der Waals surface area contributed by atoms with Crippen molar-refractivity contribution in [3.8, 4) is 0 Å². The molecule has 2 rings (SSSR count). The lowest BCUT2D eigenvalue weighted by Gasteiger charge is -2.06. The van der Waals surface area contributed by atoms with Crippen molar-refractivity contribution in [1.82, 2.24) is 24.9 Å². The number of nitrogens with one attached hydrogen (secondary N) is 1. The Balaban J connectivity index is 1.77. The van der Waals surface area contributed by atoms with Crippen LogP contribution < -0.4 is 5.32 Å². The van der Waals surface area contributed by atoms with Gasteiger partial charge in [-0.1, -0.05) is 0 Å². The van der Waals surface area contributed by atoms with Gasteiger partial charge >= 0.3 is 0 Å². The Hall–Kier alpha value is -2.11. The standard InChI is InChI=1S/C13H19N5O/c1-10-9-11(2)18(16-10)8-4-6-14-13(19)12-5-7-15-17(12)3/h5,7,9H,4,6,8H2,1-3H3,(H,14,19). The van der Waals surface area contributed by atoms with Crippen molar-refractivity contribution >= 4 is 5.91 Å². The van der Waals surface area contributed by atoms with E-state index < -0.39 is 0 Å². The first kappa shape index (κ1) is 13.3. The predicted molar refractivity (Wildman–Crippen MR) is 71.9 cm³/mol. The molecule has 19 heavy (non-hydrogen) atoms. The summed E-state index contributed by atoms with van der Waals surface area (Å²) in [5.41, 5.74) is 2.75. The van der Waals surface area contributed by atoms with Crippen LogP contribution in [0.1, 0.15) is 28.3 Å². The Morgan fingerprint density at radius 2 is 2.21 bits per heavy atom. The van der Waals surface area contributed by atoms with Gasteiger partial charge in [0.2, 0.25) is 0 Å². The van der Waals surface area contributed by atoms with Crippen molar-refractivity contribution < 1.29 is 4.79 Å². The molecule has 0 saturated heterocycles. The van der Waals surface area contributed by atoms with Crippen LogP contribution >= 0.6 is 0 Å². The van der Waals surface area contributed by atoms with Crippen LogP contribution in [0.15, 0.2) is 18.3 Å². The first-order valence-corrected chi connectivity index (χ1v) is 6.35. The van der Waals surface area contributed by atoms with E-state index in [0.717, 1.165) is 24.4 Å². The third kappa shape index (κ3) is 3.21. The van der Waals surface area contributed by atoms with Crippen LogP contribution in [0.5, 0.6) is 0 Å². The molecule has 1 amide bonds. The maximum atomic E-state index is 11.8. The van der Waals surface area contributed by atoms with Gasteiger partial charge in [0.25, 0.3) is 5.91 Å². The maximum absolute atomic E-state index is 11.8. The smallest absolute Gasteiger partial charge is 0.269 e. The summed E-state index contributed by atoms with van der Waals surface area (Å²) in [6.45, 7) is 5.45. The molecule has 0 atom stereocenters. The topological polar surface area (TPSA) is 64.7 Å². The van der Waals surface area contributed by atoms with Crippen LogP contribution in [0.3, 0.4) is 0 Å². The molecule has 2 heterocycles. The second kappa shape index (κ2) is 5.69. The number of carbonyl (C=O) groups is 1. The lowest BCUT2D eigenvalue weighted by molar-refractivity contribution is 0.0943. The molecule has 0 bridgehead atoms. The highest BCUT2D eigenvalue weighted by molar-refractivity contribution is 5.92. The fourth-order valence-electron chi connectivity index (χ4n) is 2.02. The summed E-state index contributed by atoms with van der Waals surface area (Å²) in [4.78, 5) is 11.8.